The van der Waals surface area contributed by atoms with Gasteiger partial charge in [0.25, 0.3) is 0 Å². The van der Waals surface area contributed by atoms with Crippen molar-refractivity contribution in [2.24, 2.45) is 0 Å². The van der Waals surface area contributed by atoms with E-state index in [4.69, 9.17) is 48.5 Å². The maximum absolute atomic E-state index is 10.0. The predicted octanol–water partition coefficient (Wildman–Crippen LogP) is -4.61. The van der Waals surface area contributed by atoms with Crippen LogP contribution in [-0.4, -0.2) is 194 Å². The molecule has 0 amide bonds. The lowest BCUT2D eigenvalue weighted by molar-refractivity contribution is -0.133. The Bertz CT molecular complexity index is 562. The van der Waals surface area contributed by atoms with E-state index in [0.29, 0.717) is 6.42 Å². The molecule has 16 nitrogen and oxygen atoms in total. The van der Waals surface area contributed by atoms with Gasteiger partial charge in [0.15, 0.2) is 0 Å². The van der Waals surface area contributed by atoms with Gasteiger partial charge in [0.2, 0.25) is 0 Å². The fourth-order valence-corrected chi connectivity index (χ4v) is 2.92. The molecule has 0 spiro atoms. The minimum absolute atomic E-state index is 0.0131. The van der Waals surface area contributed by atoms with Gasteiger partial charge >= 0.3 is 0 Å². The summed E-state index contributed by atoms with van der Waals surface area (Å²) < 4.78 is 38.2. The van der Waals surface area contributed by atoms with Crippen LogP contribution in [-0.2, 0) is 33.2 Å². The second kappa shape index (κ2) is 26.9. The summed E-state index contributed by atoms with van der Waals surface area (Å²) in [5, 5.41) is 83.9. The molecule has 0 heterocycles. The summed E-state index contributed by atoms with van der Waals surface area (Å²) in [6.07, 6.45) is -6.36. The van der Waals surface area contributed by atoms with Crippen LogP contribution in [0.15, 0.2) is 0 Å². The Morgan fingerprint density at radius 2 is 0.707 bits per heavy atom. The molecule has 0 rings (SSSR count). The molecule has 9 N–H and O–H groups in total. The molecule has 0 radical (unpaired) electrons. The number of rotatable bonds is 30. The van der Waals surface area contributed by atoms with E-state index in [2.05, 4.69) is 0 Å². The zero-order chi connectivity index (χ0) is 30.9. The molecule has 0 aromatic rings. The molecule has 0 saturated heterocycles. The van der Waals surface area contributed by atoms with Crippen LogP contribution in [0.3, 0.4) is 0 Å². The third-order valence-electron chi connectivity index (χ3n) is 5.32. The molecular weight excluding hydrogens is 556 g/mol. The van der Waals surface area contributed by atoms with Gasteiger partial charge in [-0.05, 0) is 6.42 Å². The van der Waals surface area contributed by atoms with Gasteiger partial charge in [0.05, 0.1) is 105 Å². The van der Waals surface area contributed by atoms with E-state index < -0.39 is 69.2 Å². The second-order valence-electron chi connectivity index (χ2n) is 9.42. The van der Waals surface area contributed by atoms with E-state index in [1.807, 2.05) is 6.92 Å². The third kappa shape index (κ3) is 23.5. The van der Waals surface area contributed by atoms with Crippen molar-refractivity contribution in [2.75, 3.05) is 99.1 Å². The lowest BCUT2D eigenvalue weighted by Gasteiger charge is -2.25. The maximum Gasteiger partial charge on any atom is 0.104 e. The van der Waals surface area contributed by atoms with Crippen molar-refractivity contribution in [1.29, 1.82) is 0 Å². The molecule has 0 fully saturated rings. The van der Waals surface area contributed by atoms with Crippen LogP contribution in [0.1, 0.15) is 13.3 Å². The van der Waals surface area contributed by atoms with Crippen LogP contribution < -0.4 is 0 Å². The molecule has 41 heavy (non-hydrogen) atoms. The number of ether oxygens (including phenoxy) is 7. The largest absolute Gasteiger partial charge is 0.394 e. The van der Waals surface area contributed by atoms with Crippen LogP contribution in [0, 0.1) is 0 Å². The van der Waals surface area contributed by atoms with Gasteiger partial charge in [-0.1, -0.05) is 6.92 Å². The summed E-state index contributed by atoms with van der Waals surface area (Å²) in [6, 6.07) is 0. The van der Waals surface area contributed by atoms with E-state index >= 15 is 0 Å². The lowest BCUT2D eigenvalue weighted by atomic mass is 10.3. The summed E-state index contributed by atoms with van der Waals surface area (Å²) in [6.45, 7) is -0.639. The molecule has 248 valence electrons. The summed E-state index contributed by atoms with van der Waals surface area (Å²) in [7, 11) is 0. The molecule has 0 bridgehead atoms. The Kier molecular flexibility index (Phi) is 26.5. The quantitative estimate of drug-likeness (QED) is 0.0372. The Morgan fingerprint density at radius 1 is 0.366 bits per heavy atom. The van der Waals surface area contributed by atoms with Crippen LogP contribution in [0.4, 0.5) is 0 Å². The molecule has 0 aliphatic heterocycles. The molecule has 8 atom stereocenters. The zero-order valence-corrected chi connectivity index (χ0v) is 23.8. The molecule has 0 aliphatic rings. The summed E-state index contributed by atoms with van der Waals surface area (Å²) in [4.78, 5) is 0. The normalized spacial score (nSPS) is 18.0. The van der Waals surface area contributed by atoms with Crippen LogP contribution >= 0.6 is 0 Å². The van der Waals surface area contributed by atoms with Crippen molar-refractivity contribution in [3.05, 3.63) is 0 Å². The van der Waals surface area contributed by atoms with Crippen LogP contribution in [0.25, 0.3) is 0 Å². The number of aliphatic hydroxyl groups excluding tert-OH is 9. The van der Waals surface area contributed by atoms with E-state index in [-0.39, 0.29) is 78.8 Å². The molecule has 0 aromatic carbocycles. The molecule has 0 saturated carbocycles. The number of hydrogen-bond acceptors (Lipinski definition) is 16. The molecular formula is C25H52O16. The molecule has 16 heteroatoms. The van der Waals surface area contributed by atoms with Crippen molar-refractivity contribution in [3.8, 4) is 0 Å². The Labute approximate surface area is 240 Å². The fourth-order valence-electron chi connectivity index (χ4n) is 2.92. The van der Waals surface area contributed by atoms with Gasteiger partial charge in [-0.2, -0.15) is 0 Å². The Balaban J connectivity index is 4.70. The van der Waals surface area contributed by atoms with Gasteiger partial charge in [-0.15, -0.1) is 0 Å². The predicted molar refractivity (Wildman–Crippen MR) is 141 cm³/mol. The highest BCUT2D eigenvalue weighted by Gasteiger charge is 2.19. The summed E-state index contributed by atoms with van der Waals surface area (Å²) >= 11 is 0. The molecule has 0 aliphatic carbocycles. The highest BCUT2D eigenvalue weighted by molar-refractivity contribution is 4.65. The SMILES string of the molecule is CCC(COCC(O)COCC(O)CO)OCC(COCC(O)COCC(O)CO)OCC(CO)OCC(O)CO. The Hall–Kier alpha value is -0.640. The first-order chi connectivity index (χ1) is 19.7. The van der Waals surface area contributed by atoms with Gasteiger partial charge < -0.3 is 79.1 Å². The summed E-state index contributed by atoms with van der Waals surface area (Å²) in [5.41, 5.74) is 0. The Morgan fingerprint density at radius 3 is 1.15 bits per heavy atom. The first-order valence-electron chi connectivity index (χ1n) is 13.7. The van der Waals surface area contributed by atoms with Crippen molar-refractivity contribution in [1.82, 2.24) is 0 Å². The van der Waals surface area contributed by atoms with Crippen LogP contribution in [0.5, 0.6) is 0 Å². The van der Waals surface area contributed by atoms with Crippen molar-refractivity contribution in [2.45, 2.75) is 62.2 Å². The minimum Gasteiger partial charge on any atom is -0.394 e. The minimum atomic E-state index is -1.10. The smallest absolute Gasteiger partial charge is 0.104 e. The molecule has 8 unspecified atom stereocenters. The topological polar surface area (TPSA) is 247 Å². The first kappa shape index (κ1) is 40.4. The van der Waals surface area contributed by atoms with Crippen molar-refractivity contribution < 1.29 is 79.1 Å². The average molecular weight is 609 g/mol. The highest BCUT2D eigenvalue weighted by atomic mass is 16.6. The average Bonchev–Trinajstić information content (AvgIpc) is 2.97. The highest BCUT2D eigenvalue weighted by Crippen LogP contribution is 2.06. The van der Waals surface area contributed by atoms with Crippen molar-refractivity contribution in [3.63, 3.8) is 0 Å². The monoisotopic (exact) mass is 608 g/mol. The third-order valence-corrected chi connectivity index (χ3v) is 5.32. The van der Waals surface area contributed by atoms with E-state index in [1.165, 1.54) is 0 Å². The molecule has 0 aromatic heterocycles. The van der Waals surface area contributed by atoms with Gasteiger partial charge in [0.1, 0.15) is 42.7 Å². The fraction of sp³-hybridized carbons (Fsp3) is 1.00. The van der Waals surface area contributed by atoms with Gasteiger partial charge in [-0.25, -0.2) is 0 Å². The maximum atomic E-state index is 10.0. The van der Waals surface area contributed by atoms with E-state index in [0.717, 1.165) is 0 Å². The van der Waals surface area contributed by atoms with E-state index in [1.54, 1.807) is 0 Å². The van der Waals surface area contributed by atoms with E-state index in [9.17, 15) is 30.6 Å². The second-order valence-corrected chi connectivity index (χ2v) is 9.42. The summed E-state index contributed by atoms with van der Waals surface area (Å²) in [5.74, 6) is 0. The van der Waals surface area contributed by atoms with Crippen LogP contribution in [0.2, 0.25) is 0 Å². The van der Waals surface area contributed by atoms with Crippen molar-refractivity contribution >= 4 is 0 Å². The standard InChI is InChI=1S/C25H52O16/c1-2-23(14-37-11-21(33)9-35-7-18(30)3-26)40-17-25(41-16-24(6-29)39-13-20(32)5-28)15-38-12-22(34)10-36-8-19(31)4-27/h18-34H,2-17H2,1H3. The van der Waals surface area contributed by atoms with Gasteiger partial charge in [0, 0.05) is 0 Å². The first-order valence-corrected chi connectivity index (χ1v) is 13.7. The number of aliphatic hydroxyl groups is 9. The number of hydrogen-bond donors (Lipinski definition) is 9. The zero-order valence-electron chi connectivity index (χ0n) is 23.8. The van der Waals surface area contributed by atoms with Gasteiger partial charge in [-0.3, -0.25) is 0 Å². The lowest BCUT2D eigenvalue weighted by Crippen LogP contribution is -2.36.